The predicted octanol–water partition coefficient (Wildman–Crippen LogP) is 0.404. The van der Waals surface area contributed by atoms with Crippen LogP contribution in [0.4, 0.5) is 11.9 Å². The van der Waals surface area contributed by atoms with Gasteiger partial charge in [-0.1, -0.05) is 24.0 Å². The minimum Gasteiger partial charge on any atom is -0.347 e. The van der Waals surface area contributed by atoms with Crippen LogP contribution in [0.1, 0.15) is 25.1 Å². The van der Waals surface area contributed by atoms with Gasteiger partial charge in [-0.05, 0) is 19.3 Å². The molecule has 11 heteroatoms. The molecule has 2 saturated heterocycles. The highest BCUT2D eigenvalue weighted by atomic mass is 32.2. The van der Waals surface area contributed by atoms with E-state index < -0.39 is 0 Å². The number of hydrogen-bond donors (Lipinski definition) is 1. The molecule has 1 aromatic rings. The summed E-state index contributed by atoms with van der Waals surface area (Å²) in [6.45, 7) is 1.95. The van der Waals surface area contributed by atoms with Crippen LogP contribution in [0.3, 0.4) is 0 Å². The van der Waals surface area contributed by atoms with Gasteiger partial charge in [-0.15, -0.1) is 0 Å². The molecule has 0 bridgehead atoms. The number of anilines is 2. The van der Waals surface area contributed by atoms with E-state index in [9.17, 15) is 9.59 Å². The molecular weight excluding hydrogens is 386 g/mol. The van der Waals surface area contributed by atoms with E-state index >= 15 is 0 Å². The summed E-state index contributed by atoms with van der Waals surface area (Å²) in [6, 6.07) is 0. The van der Waals surface area contributed by atoms with Gasteiger partial charge < -0.3 is 15.1 Å². The van der Waals surface area contributed by atoms with Gasteiger partial charge in [0.15, 0.2) is 5.82 Å². The second-order valence-corrected chi connectivity index (χ2v) is 8.21. The second kappa shape index (κ2) is 8.79. The fourth-order valence-electron chi connectivity index (χ4n) is 2.82. The molecule has 2 aliphatic rings. The summed E-state index contributed by atoms with van der Waals surface area (Å²) in [7, 11) is 3.74. The highest BCUT2D eigenvalue weighted by molar-refractivity contribution is 8.23. The van der Waals surface area contributed by atoms with Crippen LogP contribution < -0.4 is 15.1 Å². The summed E-state index contributed by atoms with van der Waals surface area (Å²) in [5.41, 5.74) is 0. The molecule has 0 spiro atoms. The summed E-state index contributed by atoms with van der Waals surface area (Å²) in [5, 5.41) is 2.77. The average molecular weight is 410 g/mol. The monoisotopic (exact) mass is 409 g/mol. The SMILES string of the molecule is CN(C)c1nc(CNC(=O)CN2C(=O)CSC2=S)nc(N2CCCCC2)n1. The van der Waals surface area contributed by atoms with Gasteiger partial charge in [-0.2, -0.15) is 15.0 Å². The largest absolute Gasteiger partial charge is 0.347 e. The molecule has 1 aromatic heterocycles. The van der Waals surface area contributed by atoms with Crippen LogP contribution in [0, 0.1) is 0 Å². The van der Waals surface area contributed by atoms with Crippen LogP contribution in [0.15, 0.2) is 0 Å². The minimum atomic E-state index is -0.292. The Morgan fingerprint density at radius 3 is 2.59 bits per heavy atom. The van der Waals surface area contributed by atoms with Gasteiger partial charge in [0.1, 0.15) is 10.9 Å². The standard InChI is InChI=1S/C16H23N7O2S2/c1-21(2)14-18-11(19-15(20-14)22-6-4-3-5-7-22)8-17-12(24)9-23-13(25)10-27-16(23)26/h3-10H2,1-2H3,(H,17,24). The molecule has 3 heterocycles. The number of piperidine rings is 1. The molecule has 0 aromatic carbocycles. The van der Waals surface area contributed by atoms with Crippen molar-refractivity contribution < 1.29 is 9.59 Å². The number of carbonyl (C=O) groups excluding carboxylic acids is 2. The predicted molar refractivity (Wildman–Crippen MR) is 109 cm³/mol. The fraction of sp³-hybridized carbons (Fsp3) is 0.625. The molecule has 0 atom stereocenters. The van der Waals surface area contributed by atoms with Crippen LogP contribution >= 0.6 is 24.0 Å². The van der Waals surface area contributed by atoms with Gasteiger partial charge in [0, 0.05) is 27.2 Å². The van der Waals surface area contributed by atoms with E-state index in [0.29, 0.717) is 27.8 Å². The van der Waals surface area contributed by atoms with Gasteiger partial charge in [0.25, 0.3) is 0 Å². The van der Waals surface area contributed by atoms with Crippen LogP contribution in [0.25, 0.3) is 0 Å². The first-order chi connectivity index (χ1) is 12.9. The molecule has 2 amide bonds. The van der Waals surface area contributed by atoms with Gasteiger partial charge in [0.2, 0.25) is 23.7 Å². The fourth-order valence-corrected chi connectivity index (χ4v) is 3.89. The molecule has 2 fully saturated rings. The maximum Gasteiger partial charge on any atom is 0.240 e. The molecule has 0 saturated carbocycles. The van der Waals surface area contributed by atoms with E-state index in [4.69, 9.17) is 12.2 Å². The Kier molecular flexibility index (Phi) is 6.42. The van der Waals surface area contributed by atoms with Gasteiger partial charge >= 0.3 is 0 Å². The minimum absolute atomic E-state index is 0.0741. The number of thioether (sulfide) groups is 1. The Bertz CT molecular complexity index is 721. The Morgan fingerprint density at radius 2 is 1.96 bits per heavy atom. The Balaban J connectivity index is 1.66. The Hall–Kier alpha value is -2.01. The topological polar surface area (TPSA) is 94.6 Å². The smallest absolute Gasteiger partial charge is 0.240 e. The van der Waals surface area contributed by atoms with Crippen molar-refractivity contribution in [2.45, 2.75) is 25.8 Å². The normalized spacial score (nSPS) is 17.4. The summed E-state index contributed by atoms with van der Waals surface area (Å²) in [4.78, 5) is 42.7. The third-order valence-corrected chi connectivity index (χ3v) is 5.72. The zero-order valence-electron chi connectivity index (χ0n) is 15.5. The lowest BCUT2D eigenvalue weighted by molar-refractivity contribution is -0.129. The van der Waals surface area contributed by atoms with E-state index in [2.05, 4.69) is 25.2 Å². The third kappa shape index (κ3) is 5.04. The van der Waals surface area contributed by atoms with Crippen molar-refractivity contribution in [2.24, 2.45) is 0 Å². The van der Waals surface area contributed by atoms with Crippen molar-refractivity contribution in [3.63, 3.8) is 0 Å². The molecule has 0 radical (unpaired) electrons. The van der Waals surface area contributed by atoms with E-state index in [0.717, 1.165) is 25.9 Å². The van der Waals surface area contributed by atoms with Crippen LogP contribution in [-0.4, -0.2) is 75.5 Å². The molecule has 0 unspecified atom stereocenters. The van der Waals surface area contributed by atoms with E-state index in [-0.39, 0.29) is 24.9 Å². The van der Waals surface area contributed by atoms with Gasteiger partial charge in [-0.3, -0.25) is 14.5 Å². The van der Waals surface area contributed by atoms with Crippen molar-refractivity contribution >= 4 is 52.0 Å². The molecular formula is C16H23N7O2S2. The van der Waals surface area contributed by atoms with Crippen LogP contribution in [0.5, 0.6) is 0 Å². The number of amides is 2. The lowest BCUT2D eigenvalue weighted by Crippen LogP contribution is -2.39. The second-order valence-electron chi connectivity index (χ2n) is 6.60. The summed E-state index contributed by atoms with van der Waals surface area (Å²) in [6.07, 6.45) is 3.47. The Morgan fingerprint density at radius 1 is 1.22 bits per heavy atom. The van der Waals surface area contributed by atoms with Crippen LogP contribution in [-0.2, 0) is 16.1 Å². The molecule has 0 aliphatic carbocycles. The maximum absolute atomic E-state index is 12.2. The highest BCUT2D eigenvalue weighted by Gasteiger charge is 2.28. The lowest BCUT2D eigenvalue weighted by atomic mass is 10.1. The number of nitrogens with zero attached hydrogens (tertiary/aromatic N) is 6. The quantitative estimate of drug-likeness (QED) is 0.670. The zero-order valence-corrected chi connectivity index (χ0v) is 17.1. The zero-order chi connectivity index (χ0) is 19.4. The van der Waals surface area contributed by atoms with E-state index in [1.165, 1.54) is 23.1 Å². The highest BCUT2D eigenvalue weighted by Crippen LogP contribution is 2.19. The lowest BCUT2D eigenvalue weighted by Gasteiger charge is -2.27. The average Bonchev–Trinajstić information content (AvgIpc) is 2.99. The molecule has 1 N–H and O–H groups in total. The number of hydrogen-bond acceptors (Lipinski definition) is 9. The summed E-state index contributed by atoms with van der Waals surface area (Å²) in [5.74, 6) is 1.56. The molecule has 27 heavy (non-hydrogen) atoms. The van der Waals surface area contributed by atoms with Crippen molar-refractivity contribution in [1.82, 2.24) is 25.2 Å². The van der Waals surface area contributed by atoms with Crippen molar-refractivity contribution in [3.05, 3.63) is 5.82 Å². The Labute approximate surface area is 167 Å². The van der Waals surface area contributed by atoms with Crippen molar-refractivity contribution in [3.8, 4) is 0 Å². The van der Waals surface area contributed by atoms with E-state index in [1.807, 2.05) is 19.0 Å². The van der Waals surface area contributed by atoms with Crippen molar-refractivity contribution in [1.29, 1.82) is 0 Å². The third-order valence-electron chi connectivity index (χ3n) is 4.28. The number of carbonyl (C=O) groups is 2. The number of rotatable bonds is 6. The first-order valence-electron chi connectivity index (χ1n) is 8.85. The van der Waals surface area contributed by atoms with Crippen molar-refractivity contribution in [2.75, 3.05) is 49.3 Å². The van der Waals surface area contributed by atoms with Gasteiger partial charge in [-0.25, -0.2) is 0 Å². The van der Waals surface area contributed by atoms with Crippen LogP contribution in [0.2, 0.25) is 0 Å². The molecule has 146 valence electrons. The molecule has 9 nitrogen and oxygen atoms in total. The summed E-state index contributed by atoms with van der Waals surface area (Å²) < 4.78 is 0.442. The molecule has 3 rings (SSSR count). The summed E-state index contributed by atoms with van der Waals surface area (Å²) >= 11 is 6.37. The first kappa shape index (κ1) is 19.7. The van der Waals surface area contributed by atoms with Gasteiger partial charge in [0.05, 0.1) is 12.3 Å². The number of nitrogens with one attached hydrogen (secondary N) is 1. The molecule has 2 aliphatic heterocycles. The first-order valence-corrected chi connectivity index (χ1v) is 10.2. The number of thiocarbonyl (C=S) groups is 1. The maximum atomic E-state index is 12.2. The van der Waals surface area contributed by atoms with E-state index in [1.54, 1.807) is 0 Å². The number of aromatic nitrogens is 3.